The minimum Gasteiger partial charge on any atom is -0.480 e. The zero-order chi connectivity index (χ0) is 21.7. The van der Waals surface area contributed by atoms with E-state index in [4.69, 9.17) is 9.84 Å². The Morgan fingerprint density at radius 2 is 1.69 bits per heavy atom. The molecule has 0 aliphatic carbocycles. The molecule has 0 radical (unpaired) electrons. The third-order valence-corrected chi connectivity index (χ3v) is 6.37. The summed E-state index contributed by atoms with van der Waals surface area (Å²) in [5, 5.41) is 8.94. The highest BCUT2D eigenvalue weighted by Gasteiger charge is 2.41. The first kappa shape index (κ1) is 19.1. The number of halogens is 1. The van der Waals surface area contributed by atoms with Gasteiger partial charge in [-0.1, -0.05) is 66.4 Å². The number of nitrogens with one attached hydrogen (secondary N) is 1. The molecule has 5 nitrogen and oxygen atoms in total. The van der Waals surface area contributed by atoms with Crippen molar-refractivity contribution in [1.82, 2.24) is 14.8 Å². The van der Waals surface area contributed by atoms with Crippen molar-refractivity contribution in [3.63, 3.8) is 0 Å². The fourth-order valence-electron chi connectivity index (χ4n) is 4.41. The first-order valence-electron chi connectivity index (χ1n) is 10.3. The lowest BCUT2D eigenvalue weighted by atomic mass is 9.84. The number of ether oxygens (including phenoxy) is 1. The highest BCUT2D eigenvalue weighted by atomic mass is 32.2. The summed E-state index contributed by atoms with van der Waals surface area (Å²) in [6.07, 6.45) is 1.62. The number of aromatic nitrogens is 3. The normalized spacial score (nSPS) is 18.8. The Bertz CT molecular complexity index is 1330. The molecule has 0 saturated carbocycles. The van der Waals surface area contributed by atoms with Crippen molar-refractivity contribution in [1.29, 1.82) is 0 Å². The number of hydrogen-bond acceptors (Lipinski definition) is 5. The Balaban J connectivity index is 1.63. The second-order valence-corrected chi connectivity index (χ2v) is 8.45. The maximum atomic E-state index is 13.8. The summed E-state index contributed by atoms with van der Waals surface area (Å²) in [6, 6.07) is 24.4. The van der Waals surface area contributed by atoms with Crippen molar-refractivity contribution in [3.05, 3.63) is 107 Å². The van der Waals surface area contributed by atoms with Crippen LogP contribution in [-0.2, 0) is 0 Å². The van der Waals surface area contributed by atoms with Crippen molar-refractivity contribution in [2.45, 2.75) is 17.3 Å². The summed E-state index contributed by atoms with van der Waals surface area (Å²) in [5.74, 6) is 1.19. The number of nitrogens with zero attached hydrogens (tertiary/aromatic N) is 3. The van der Waals surface area contributed by atoms with E-state index >= 15 is 0 Å². The van der Waals surface area contributed by atoms with Gasteiger partial charge in [-0.15, -0.1) is 5.10 Å². The molecule has 4 aromatic rings. The largest absolute Gasteiger partial charge is 0.480 e. The molecule has 0 unspecified atom stereocenters. The average molecular weight is 443 g/mol. The first-order chi connectivity index (χ1) is 15.7. The van der Waals surface area contributed by atoms with Gasteiger partial charge in [0, 0.05) is 11.1 Å². The summed E-state index contributed by atoms with van der Waals surface area (Å²) >= 11 is 1.49. The summed E-state index contributed by atoms with van der Waals surface area (Å²) in [7, 11) is 0. The molecule has 3 heterocycles. The zero-order valence-electron chi connectivity index (χ0n) is 17.2. The quantitative estimate of drug-likeness (QED) is 0.413. The second-order valence-electron chi connectivity index (χ2n) is 7.68. The van der Waals surface area contributed by atoms with Crippen LogP contribution >= 0.6 is 11.8 Å². The van der Waals surface area contributed by atoms with E-state index < -0.39 is 0 Å². The van der Waals surface area contributed by atoms with E-state index in [-0.39, 0.29) is 18.0 Å². The van der Waals surface area contributed by atoms with Crippen LogP contribution in [0.4, 0.5) is 10.3 Å². The van der Waals surface area contributed by atoms with Crippen LogP contribution in [0.2, 0.25) is 0 Å². The molecule has 3 aromatic carbocycles. The molecule has 2 aliphatic rings. The number of rotatable bonds is 3. The predicted molar refractivity (Wildman–Crippen MR) is 123 cm³/mol. The van der Waals surface area contributed by atoms with E-state index in [1.165, 1.54) is 23.9 Å². The lowest BCUT2D eigenvalue weighted by Gasteiger charge is -2.38. The van der Waals surface area contributed by atoms with Gasteiger partial charge in [0.2, 0.25) is 11.1 Å². The molecule has 2 atom stereocenters. The van der Waals surface area contributed by atoms with Gasteiger partial charge in [0.25, 0.3) is 0 Å². The summed E-state index contributed by atoms with van der Waals surface area (Å²) < 4.78 is 22.2. The van der Waals surface area contributed by atoms with Crippen LogP contribution in [0.25, 0.3) is 5.70 Å². The topological polar surface area (TPSA) is 52.0 Å². The Hall–Kier alpha value is -3.58. The second kappa shape index (κ2) is 7.53. The Morgan fingerprint density at radius 3 is 2.47 bits per heavy atom. The molecule has 0 spiro atoms. The molecule has 1 N–H and O–H groups in total. The van der Waals surface area contributed by atoms with Gasteiger partial charge >= 0.3 is 0 Å². The Labute approximate surface area is 189 Å². The van der Waals surface area contributed by atoms with E-state index in [0.717, 1.165) is 33.7 Å². The first-order valence-corrected chi connectivity index (χ1v) is 11.5. The number of thioether (sulfide) groups is 1. The number of para-hydroxylation sites is 1. The van der Waals surface area contributed by atoms with E-state index in [9.17, 15) is 4.39 Å². The van der Waals surface area contributed by atoms with Gasteiger partial charge in [-0.25, -0.2) is 9.07 Å². The van der Waals surface area contributed by atoms with Crippen molar-refractivity contribution >= 4 is 23.4 Å². The van der Waals surface area contributed by atoms with E-state index in [1.54, 1.807) is 0 Å². The highest BCUT2D eigenvalue weighted by molar-refractivity contribution is 7.98. The molecule has 0 amide bonds. The smallest absolute Gasteiger partial charge is 0.227 e. The summed E-state index contributed by atoms with van der Waals surface area (Å²) in [5.41, 5.74) is 4.91. The molecule has 0 bridgehead atoms. The van der Waals surface area contributed by atoms with Crippen LogP contribution < -0.4 is 10.1 Å². The maximum absolute atomic E-state index is 13.8. The molecule has 7 heteroatoms. The van der Waals surface area contributed by atoms with Crippen molar-refractivity contribution in [3.8, 4) is 5.75 Å². The summed E-state index contributed by atoms with van der Waals surface area (Å²) in [4.78, 5) is 4.68. The van der Waals surface area contributed by atoms with Crippen molar-refractivity contribution in [2.75, 3.05) is 11.6 Å². The minimum atomic E-state index is -0.335. The molecular formula is C25H19FN4OS. The summed E-state index contributed by atoms with van der Waals surface area (Å²) in [6.45, 7) is 0. The van der Waals surface area contributed by atoms with Crippen molar-refractivity contribution in [2.24, 2.45) is 0 Å². The lowest BCUT2D eigenvalue weighted by Crippen LogP contribution is -2.32. The lowest BCUT2D eigenvalue weighted by molar-refractivity contribution is 0.223. The number of benzene rings is 3. The third-order valence-electron chi connectivity index (χ3n) is 5.83. The molecule has 2 aliphatic heterocycles. The van der Waals surface area contributed by atoms with E-state index in [1.807, 2.05) is 65.5 Å². The van der Waals surface area contributed by atoms with Crippen LogP contribution in [0, 0.1) is 5.82 Å². The SMILES string of the molecule is CSc1nc2n(n1)[C@H](c1ccc(F)cc1)C1=C(N2)c2ccccc2O[C@H]1c1ccccc1. The fraction of sp³-hybridized carbons (Fsp3) is 0.120. The Morgan fingerprint density at radius 1 is 0.938 bits per heavy atom. The van der Waals surface area contributed by atoms with E-state index in [2.05, 4.69) is 22.4 Å². The monoisotopic (exact) mass is 442 g/mol. The van der Waals surface area contributed by atoms with Crippen LogP contribution in [0.15, 0.2) is 89.6 Å². The van der Waals surface area contributed by atoms with Gasteiger partial charge in [-0.05, 0) is 41.6 Å². The number of fused-ring (bicyclic) bond motifs is 3. The molecule has 1 aromatic heterocycles. The van der Waals surface area contributed by atoms with Crippen LogP contribution in [-0.4, -0.2) is 21.0 Å². The van der Waals surface area contributed by atoms with Crippen LogP contribution in [0.5, 0.6) is 5.75 Å². The molecule has 6 rings (SSSR count). The van der Waals surface area contributed by atoms with E-state index in [0.29, 0.717) is 11.1 Å². The fourth-order valence-corrected chi connectivity index (χ4v) is 4.76. The van der Waals surface area contributed by atoms with Crippen LogP contribution in [0.3, 0.4) is 0 Å². The third kappa shape index (κ3) is 3.00. The number of anilines is 1. The Kier molecular flexibility index (Phi) is 4.50. The molecule has 0 fully saturated rings. The van der Waals surface area contributed by atoms with Gasteiger partial charge < -0.3 is 10.1 Å². The minimum absolute atomic E-state index is 0.273. The predicted octanol–water partition coefficient (Wildman–Crippen LogP) is 5.70. The van der Waals surface area contributed by atoms with Crippen molar-refractivity contribution < 1.29 is 9.13 Å². The van der Waals surface area contributed by atoms with Gasteiger partial charge in [-0.2, -0.15) is 4.98 Å². The maximum Gasteiger partial charge on any atom is 0.227 e. The van der Waals surface area contributed by atoms with Crippen LogP contribution in [0.1, 0.15) is 28.8 Å². The molecule has 32 heavy (non-hydrogen) atoms. The molecular weight excluding hydrogens is 423 g/mol. The molecule has 158 valence electrons. The highest BCUT2D eigenvalue weighted by Crippen LogP contribution is 2.50. The van der Waals surface area contributed by atoms with Gasteiger partial charge in [-0.3, -0.25) is 0 Å². The van der Waals surface area contributed by atoms with Gasteiger partial charge in [0.1, 0.15) is 23.7 Å². The van der Waals surface area contributed by atoms with Gasteiger partial charge in [0.15, 0.2) is 0 Å². The molecule has 0 saturated heterocycles. The average Bonchev–Trinajstić information content (AvgIpc) is 3.26. The van der Waals surface area contributed by atoms with Gasteiger partial charge in [0.05, 0.1) is 5.70 Å². The standard InChI is InChI=1S/C25H19FN4OS/c1-32-25-28-24-27-21-18-9-5-6-10-19(18)31-23(16-7-3-2-4-8-16)20(21)22(30(24)29-25)15-11-13-17(26)14-12-15/h2-14,22-23H,1H3,(H,27,28,29)/t22-,23+/m1/s1. The number of hydrogen-bond donors (Lipinski definition) is 1. The zero-order valence-corrected chi connectivity index (χ0v) is 18.0.